The summed E-state index contributed by atoms with van der Waals surface area (Å²) < 4.78 is 5.55. The van der Waals surface area contributed by atoms with Crippen molar-refractivity contribution in [3.63, 3.8) is 0 Å². The van der Waals surface area contributed by atoms with E-state index in [0.717, 1.165) is 10.4 Å². The molecule has 0 amide bonds. The van der Waals surface area contributed by atoms with Gasteiger partial charge in [-0.3, -0.25) is 0 Å². The molecule has 0 aliphatic carbocycles. The van der Waals surface area contributed by atoms with E-state index in [-0.39, 0.29) is 0 Å². The quantitative estimate of drug-likeness (QED) is 0.721. The third-order valence-electron chi connectivity index (χ3n) is 2.93. The minimum absolute atomic E-state index is 0.401. The molecule has 5 nitrogen and oxygen atoms in total. The lowest BCUT2D eigenvalue weighted by Crippen LogP contribution is -2.00. The van der Waals surface area contributed by atoms with E-state index in [1.807, 2.05) is 23.6 Å². The van der Waals surface area contributed by atoms with Crippen LogP contribution in [0.2, 0.25) is 0 Å². The van der Waals surface area contributed by atoms with Gasteiger partial charge in [0.2, 0.25) is 0 Å². The number of nitriles is 1. The van der Waals surface area contributed by atoms with Crippen LogP contribution in [0.1, 0.15) is 17.2 Å². The molecule has 2 heterocycles. The van der Waals surface area contributed by atoms with Gasteiger partial charge in [0, 0.05) is 5.75 Å². The average molecular weight is 329 g/mol. The molecule has 2 aromatic heterocycles. The fourth-order valence-corrected chi connectivity index (χ4v) is 3.17. The van der Waals surface area contributed by atoms with Crippen LogP contribution in [0.15, 0.2) is 51.4 Å². The predicted molar refractivity (Wildman–Crippen MR) is 84.5 cm³/mol. The zero-order valence-corrected chi connectivity index (χ0v) is 13.0. The van der Waals surface area contributed by atoms with Crippen LogP contribution in [0.5, 0.6) is 0 Å². The van der Waals surface area contributed by atoms with Crippen LogP contribution in [0.25, 0.3) is 10.8 Å². The van der Waals surface area contributed by atoms with Crippen molar-refractivity contribution < 1.29 is 9.52 Å². The summed E-state index contributed by atoms with van der Waals surface area (Å²) in [5.74, 6) is 0.892. The molecule has 110 valence electrons. The fourth-order valence-electron chi connectivity index (χ4n) is 1.79. The molecule has 1 unspecified atom stereocenters. The topological polar surface area (TPSA) is 82.9 Å². The van der Waals surface area contributed by atoms with Crippen LogP contribution in [0, 0.1) is 11.3 Å². The number of aliphatic hydroxyl groups is 1. The molecule has 1 aromatic carbocycles. The predicted octanol–water partition coefficient (Wildman–Crippen LogP) is 3.50. The Kier molecular flexibility index (Phi) is 4.53. The van der Waals surface area contributed by atoms with Crippen molar-refractivity contribution >= 4 is 23.1 Å². The fraction of sp³-hybridized carbons (Fsp3) is 0.133. The maximum absolute atomic E-state index is 10.1. The maximum Gasteiger partial charge on any atom is 0.276 e. The molecular formula is C15H11N3O2S2. The smallest absolute Gasteiger partial charge is 0.276 e. The molecule has 7 heteroatoms. The van der Waals surface area contributed by atoms with Gasteiger partial charge >= 0.3 is 0 Å². The van der Waals surface area contributed by atoms with Gasteiger partial charge in [0.25, 0.3) is 11.1 Å². The Morgan fingerprint density at radius 2 is 2.09 bits per heavy atom. The molecule has 3 rings (SSSR count). The summed E-state index contributed by atoms with van der Waals surface area (Å²) >= 11 is 2.83. The molecule has 0 saturated heterocycles. The van der Waals surface area contributed by atoms with E-state index < -0.39 is 6.10 Å². The molecule has 1 atom stereocenters. The van der Waals surface area contributed by atoms with Crippen molar-refractivity contribution in [1.82, 2.24) is 10.2 Å². The van der Waals surface area contributed by atoms with E-state index >= 15 is 0 Å². The highest BCUT2D eigenvalue weighted by Gasteiger charge is 2.13. The lowest BCUT2D eigenvalue weighted by molar-refractivity contribution is 0.203. The van der Waals surface area contributed by atoms with Crippen molar-refractivity contribution in [3.05, 3.63) is 52.9 Å². The molecule has 0 spiro atoms. The third kappa shape index (κ3) is 3.36. The van der Waals surface area contributed by atoms with Crippen LogP contribution in [-0.4, -0.2) is 21.1 Å². The van der Waals surface area contributed by atoms with Gasteiger partial charge in [-0.2, -0.15) is 5.26 Å². The summed E-state index contributed by atoms with van der Waals surface area (Å²) in [4.78, 5) is 0.923. The molecule has 1 N–H and O–H groups in total. The summed E-state index contributed by atoms with van der Waals surface area (Å²) in [5.41, 5.74) is 1.32. The number of thioether (sulfide) groups is 1. The number of hydrogen-bond acceptors (Lipinski definition) is 7. The largest absolute Gasteiger partial charge is 0.410 e. The van der Waals surface area contributed by atoms with E-state index in [4.69, 9.17) is 9.68 Å². The second kappa shape index (κ2) is 6.75. The minimum atomic E-state index is -0.658. The molecule has 0 aliphatic rings. The normalized spacial score (nSPS) is 12.0. The number of thiophene rings is 1. The zero-order chi connectivity index (χ0) is 15.4. The standard InChI is InChI=1S/C15H11N3O2S2/c16-8-10-3-5-11(6-4-10)12(19)9-22-15-18-17-14(20-15)13-2-1-7-21-13/h1-7,12,19H,9H2. The van der Waals surface area contributed by atoms with E-state index in [1.165, 1.54) is 23.1 Å². The van der Waals surface area contributed by atoms with Crippen molar-refractivity contribution in [2.45, 2.75) is 11.3 Å². The summed E-state index contributed by atoms with van der Waals surface area (Å²) in [6.45, 7) is 0. The van der Waals surface area contributed by atoms with Gasteiger partial charge in [0.15, 0.2) is 0 Å². The Balaban J connectivity index is 1.61. The van der Waals surface area contributed by atoms with Gasteiger partial charge < -0.3 is 9.52 Å². The molecule has 22 heavy (non-hydrogen) atoms. The third-order valence-corrected chi connectivity index (χ3v) is 4.68. The Morgan fingerprint density at radius 3 is 2.77 bits per heavy atom. The SMILES string of the molecule is N#Cc1ccc(C(O)CSc2nnc(-c3cccs3)o2)cc1. The number of hydrogen-bond donors (Lipinski definition) is 1. The molecule has 0 fully saturated rings. The molecule has 0 radical (unpaired) electrons. The van der Waals surface area contributed by atoms with Gasteiger partial charge in [-0.15, -0.1) is 21.5 Å². The number of benzene rings is 1. The van der Waals surface area contributed by atoms with Gasteiger partial charge in [0.1, 0.15) is 0 Å². The summed E-state index contributed by atoms with van der Waals surface area (Å²) in [7, 11) is 0. The van der Waals surface area contributed by atoms with E-state index in [2.05, 4.69) is 10.2 Å². The van der Waals surface area contributed by atoms with Crippen LogP contribution in [-0.2, 0) is 0 Å². The van der Waals surface area contributed by atoms with Crippen LogP contribution in [0.4, 0.5) is 0 Å². The highest BCUT2D eigenvalue weighted by molar-refractivity contribution is 7.99. The average Bonchev–Trinajstić information content (AvgIpc) is 3.23. The monoisotopic (exact) mass is 329 g/mol. The van der Waals surface area contributed by atoms with E-state index in [0.29, 0.717) is 22.4 Å². The summed E-state index contributed by atoms with van der Waals surface area (Å²) in [5, 5.41) is 29.2. The van der Waals surface area contributed by atoms with Gasteiger partial charge in [0.05, 0.1) is 22.6 Å². The second-order valence-corrected chi connectivity index (χ2v) is 6.33. The first-order chi connectivity index (χ1) is 10.8. The van der Waals surface area contributed by atoms with Crippen molar-refractivity contribution in [1.29, 1.82) is 5.26 Å². The summed E-state index contributed by atoms with van der Waals surface area (Å²) in [6.07, 6.45) is -0.658. The number of rotatable bonds is 5. The van der Waals surface area contributed by atoms with Gasteiger partial charge in [-0.05, 0) is 29.1 Å². The molecule has 3 aromatic rings. The highest BCUT2D eigenvalue weighted by atomic mass is 32.2. The summed E-state index contributed by atoms with van der Waals surface area (Å²) in [6, 6.07) is 12.7. The Hall–Kier alpha value is -2.14. The van der Waals surface area contributed by atoms with Crippen LogP contribution in [0.3, 0.4) is 0 Å². The minimum Gasteiger partial charge on any atom is -0.410 e. The molecule has 0 saturated carbocycles. The van der Waals surface area contributed by atoms with Gasteiger partial charge in [-0.25, -0.2) is 0 Å². The molecule has 0 bridgehead atoms. The Bertz CT molecular complexity index is 776. The lowest BCUT2D eigenvalue weighted by Gasteiger charge is -2.08. The number of nitrogens with zero attached hydrogens (tertiary/aromatic N) is 3. The van der Waals surface area contributed by atoms with Gasteiger partial charge in [-0.1, -0.05) is 30.0 Å². The second-order valence-electron chi connectivity index (χ2n) is 4.41. The lowest BCUT2D eigenvalue weighted by atomic mass is 10.1. The zero-order valence-electron chi connectivity index (χ0n) is 11.3. The number of aliphatic hydroxyl groups excluding tert-OH is 1. The first-order valence-electron chi connectivity index (χ1n) is 6.44. The Morgan fingerprint density at radius 1 is 1.27 bits per heavy atom. The Labute approximate surface area is 135 Å². The first-order valence-corrected chi connectivity index (χ1v) is 8.31. The molecular weight excluding hydrogens is 318 g/mol. The van der Waals surface area contributed by atoms with Crippen molar-refractivity contribution in [2.75, 3.05) is 5.75 Å². The first kappa shape index (κ1) is 14.8. The van der Waals surface area contributed by atoms with Crippen LogP contribution < -0.4 is 0 Å². The van der Waals surface area contributed by atoms with E-state index in [9.17, 15) is 5.11 Å². The number of aromatic nitrogens is 2. The van der Waals surface area contributed by atoms with Crippen LogP contribution >= 0.6 is 23.1 Å². The van der Waals surface area contributed by atoms with Crippen molar-refractivity contribution in [2.24, 2.45) is 0 Å². The van der Waals surface area contributed by atoms with E-state index in [1.54, 1.807) is 24.3 Å². The maximum atomic E-state index is 10.1. The van der Waals surface area contributed by atoms with Crippen molar-refractivity contribution in [3.8, 4) is 16.8 Å². The highest BCUT2D eigenvalue weighted by Crippen LogP contribution is 2.28. The molecule has 0 aliphatic heterocycles.